The lowest BCUT2D eigenvalue weighted by Crippen LogP contribution is -2.24. The molecule has 5 rings (SSSR count). The fourth-order valence-corrected chi connectivity index (χ4v) is 5.85. The van der Waals surface area contributed by atoms with Crippen molar-refractivity contribution in [3.8, 4) is 0 Å². The van der Waals surface area contributed by atoms with Crippen LogP contribution in [0.4, 0.5) is 5.69 Å². The maximum atomic E-state index is 13.8. The monoisotopic (exact) mass is 453 g/mol. The lowest BCUT2D eigenvalue weighted by molar-refractivity contribution is 0.0975. The van der Waals surface area contributed by atoms with Crippen LogP contribution in [-0.4, -0.2) is 18.6 Å². The molecule has 0 radical (unpaired) electrons. The lowest BCUT2D eigenvalue weighted by Gasteiger charge is -2.24. The number of benzene rings is 4. The van der Waals surface area contributed by atoms with E-state index in [1.807, 2.05) is 84.9 Å². The van der Waals surface area contributed by atoms with E-state index in [0.29, 0.717) is 27.9 Å². The van der Waals surface area contributed by atoms with E-state index in [4.69, 9.17) is 0 Å². The van der Waals surface area contributed by atoms with Crippen LogP contribution in [0.2, 0.25) is 0 Å². The van der Waals surface area contributed by atoms with Gasteiger partial charge in [-0.15, -0.1) is 0 Å². The first-order valence-corrected chi connectivity index (χ1v) is 11.8. The average molecular weight is 454 g/mol. The van der Waals surface area contributed by atoms with Crippen LogP contribution in [0, 0.1) is 0 Å². The molecule has 0 bridgehead atoms. The van der Waals surface area contributed by atoms with Gasteiger partial charge in [0.2, 0.25) is 0 Å². The molecule has 0 atom stereocenters. The number of ketones is 2. The van der Waals surface area contributed by atoms with Gasteiger partial charge in [-0.2, -0.15) is 0 Å². The molecule has 1 aliphatic carbocycles. The lowest BCUT2D eigenvalue weighted by atomic mass is 9.83. The summed E-state index contributed by atoms with van der Waals surface area (Å²) in [5.74, 6) is -0.228. The Labute approximate surface area is 195 Å². The third-order valence-corrected chi connectivity index (χ3v) is 7.47. The highest BCUT2D eigenvalue weighted by Gasteiger charge is 2.35. The van der Waals surface area contributed by atoms with E-state index >= 15 is 0 Å². The van der Waals surface area contributed by atoms with Crippen molar-refractivity contribution >= 4 is 40.8 Å². The van der Waals surface area contributed by atoms with Crippen molar-refractivity contribution in [3.05, 3.63) is 113 Å². The molecule has 4 aromatic rings. The van der Waals surface area contributed by atoms with Crippen LogP contribution < -0.4 is 5.32 Å². The van der Waals surface area contributed by atoms with Crippen molar-refractivity contribution in [2.24, 2.45) is 0 Å². The van der Waals surface area contributed by atoms with Gasteiger partial charge in [0.1, 0.15) is 0 Å². The number of rotatable bonds is 5. The second kappa shape index (κ2) is 8.69. The summed E-state index contributed by atoms with van der Waals surface area (Å²) in [6.45, 7) is 0. The second-order valence-corrected chi connectivity index (χ2v) is 9.51. The molecule has 3 nitrogen and oxygen atoms in total. The molecular weight excluding hydrogens is 434 g/mol. The maximum absolute atomic E-state index is 13.8. The molecule has 4 aromatic carbocycles. The topological polar surface area (TPSA) is 46.2 Å². The van der Waals surface area contributed by atoms with Crippen LogP contribution in [0.1, 0.15) is 31.8 Å². The van der Waals surface area contributed by atoms with Gasteiger partial charge in [-0.1, -0.05) is 72.1 Å². The molecule has 0 heterocycles. The molecule has 0 fully saturated rings. The normalized spacial score (nSPS) is 12.3. The molecule has 1 aliphatic rings. The van der Waals surface area contributed by atoms with E-state index < -0.39 is 0 Å². The Balaban J connectivity index is 1.65. The Morgan fingerprint density at radius 1 is 0.562 bits per heavy atom. The number of fused-ring (bicyclic) bond motifs is 2. The molecule has 0 unspecified atom stereocenters. The van der Waals surface area contributed by atoms with Crippen molar-refractivity contribution < 1.29 is 9.59 Å². The predicted octanol–water partition coefficient (Wildman–Crippen LogP) is 6.81. The molecule has 0 aliphatic heterocycles. The minimum absolute atomic E-state index is 0.111. The van der Waals surface area contributed by atoms with Gasteiger partial charge in [-0.3, -0.25) is 9.59 Å². The van der Waals surface area contributed by atoms with Gasteiger partial charge >= 0.3 is 0 Å². The molecule has 0 spiro atoms. The first-order valence-electron chi connectivity index (χ1n) is 10.2. The van der Waals surface area contributed by atoms with Crippen molar-refractivity contribution in [2.45, 2.75) is 19.6 Å². The van der Waals surface area contributed by atoms with E-state index in [1.165, 1.54) is 23.5 Å². The smallest absolute Gasteiger partial charge is 0.197 e. The Bertz CT molecular complexity index is 1330. The predicted molar refractivity (Wildman–Crippen MR) is 130 cm³/mol. The molecular formula is C27H19NO2S2. The highest BCUT2D eigenvalue weighted by molar-refractivity contribution is 7.99. The zero-order valence-electron chi connectivity index (χ0n) is 17.3. The van der Waals surface area contributed by atoms with Crippen LogP contribution in [0.5, 0.6) is 0 Å². The van der Waals surface area contributed by atoms with Crippen molar-refractivity contribution in [1.82, 2.24) is 0 Å². The summed E-state index contributed by atoms with van der Waals surface area (Å²) in [4.78, 5) is 31.2. The minimum Gasteiger partial charge on any atom is -0.388 e. The highest BCUT2D eigenvalue weighted by Crippen LogP contribution is 2.43. The molecule has 0 saturated carbocycles. The Kier molecular flexibility index (Phi) is 5.60. The minimum atomic E-state index is -0.117. The van der Waals surface area contributed by atoms with E-state index in [2.05, 4.69) is 5.32 Å². The summed E-state index contributed by atoms with van der Waals surface area (Å²) in [7, 11) is 1.78. The Hall–Kier alpha value is -3.28. The number of anilines is 1. The number of hydrogen-bond acceptors (Lipinski definition) is 5. The van der Waals surface area contributed by atoms with Crippen molar-refractivity contribution in [3.63, 3.8) is 0 Å². The molecule has 1 N–H and O–H groups in total. The van der Waals surface area contributed by atoms with E-state index in [9.17, 15) is 9.59 Å². The van der Waals surface area contributed by atoms with Crippen LogP contribution in [-0.2, 0) is 0 Å². The number of nitrogens with one attached hydrogen (secondary N) is 1. The van der Waals surface area contributed by atoms with Crippen LogP contribution in [0.15, 0.2) is 111 Å². The molecule has 32 heavy (non-hydrogen) atoms. The number of carbonyl (C=O) groups excluding carboxylic acids is 2. The fourth-order valence-electron chi connectivity index (χ4n) is 3.87. The van der Waals surface area contributed by atoms with Crippen LogP contribution in [0.3, 0.4) is 0 Å². The summed E-state index contributed by atoms with van der Waals surface area (Å²) >= 11 is 3.01. The summed E-state index contributed by atoms with van der Waals surface area (Å²) in [5, 5.41) is 3.11. The fraction of sp³-hybridized carbons (Fsp3) is 0.0370. The Morgan fingerprint density at radius 3 is 1.75 bits per heavy atom. The highest BCUT2D eigenvalue weighted by atomic mass is 32.2. The van der Waals surface area contributed by atoms with E-state index in [0.717, 1.165) is 19.6 Å². The van der Waals surface area contributed by atoms with Gasteiger partial charge in [0.25, 0.3) is 0 Å². The van der Waals surface area contributed by atoms with Gasteiger partial charge in [0.05, 0.1) is 5.56 Å². The quantitative estimate of drug-likeness (QED) is 0.317. The second-order valence-electron chi connectivity index (χ2n) is 7.28. The molecule has 5 heteroatoms. The van der Waals surface area contributed by atoms with Gasteiger partial charge in [0.15, 0.2) is 11.6 Å². The summed E-state index contributed by atoms with van der Waals surface area (Å²) in [6.07, 6.45) is 0. The maximum Gasteiger partial charge on any atom is 0.197 e. The van der Waals surface area contributed by atoms with Crippen molar-refractivity contribution in [2.75, 3.05) is 12.4 Å². The molecule has 0 aromatic heterocycles. The first kappa shape index (κ1) is 20.6. The van der Waals surface area contributed by atoms with E-state index in [1.54, 1.807) is 13.1 Å². The standard InChI is InChI=1S/C27H19NO2S2/c1-28-20-15-16-22(32-18-11-6-3-7-12-18)25-24(20)27(30)23-19(26(25)29)13-8-14-21(23)31-17-9-4-2-5-10-17/h2-16,28H,1H3. The first-order chi connectivity index (χ1) is 15.7. The third-order valence-electron chi connectivity index (χ3n) is 5.33. The van der Waals surface area contributed by atoms with Gasteiger partial charge in [-0.25, -0.2) is 0 Å². The summed E-state index contributed by atoms with van der Waals surface area (Å²) in [5.41, 5.74) is 2.54. The van der Waals surface area contributed by atoms with Gasteiger partial charge < -0.3 is 5.32 Å². The zero-order valence-corrected chi connectivity index (χ0v) is 18.9. The SMILES string of the molecule is CNc1ccc(Sc2ccccc2)c2c1C(=O)c1c(Sc3ccccc3)cccc1C2=O. The van der Waals surface area contributed by atoms with Crippen LogP contribution >= 0.6 is 23.5 Å². The van der Waals surface area contributed by atoms with Crippen LogP contribution in [0.25, 0.3) is 0 Å². The average Bonchev–Trinajstić information content (AvgIpc) is 2.83. The van der Waals surface area contributed by atoms with Crippen molar-refractivity contribution in [1.29, 1.82) is 0 Å². The zero-order chi connectivity index (χ0) is 22.1. The summed E-state index contributed by atoms with van der Waals surface area (Å²) in [6, 6.07) is 29.1. The van der Waals surface area contributed by atoms with Gasteiger partial charge in [0, 0.05) is 49.0 Å². The van der Waals surface area contributed by atoms with E-state index in [-0.39, 0.29) is 11.6 Å². The molecule has 156 valence electrons. The molecule has 0 saturated heterocycles. The number of carbonyl (C=O) groups is 2. The Morgan fingerprint density at radius 2 is 1.16 bits per heavy atom. The summed E-state index contributed by atoms with van der Waals surface area (Å²) < 4.78 is 0. The third kappa shape index (κ3) is 3.64. The largest absolute Gasteiger partial charge is 0.388 e. The van der Waals surface area contributed by atoms with Gasteiger partial charge in [-0.05, 0) is 42.5 Å². The number of hydrogen-bond donors (Lipinski definition) is 1. The molecule has 0 amide bonds.